The maximum absolute atomic E-state index is 11.0. The standard InChI is InChI=1S/C22H26O2S/c1-14-12-17-18(22(4,5)11-10-21(17,2)3)13-15(14)6-7-16-8-9-19(25-16)20(23)24/h6-9,12-13H,10-11H2,1-5H3,(H,23,24). The van der Waals surface area contributed by atoms with Crippen LogP contribution < -0.4 is 0 Å². The van der Waals surface area contributed by atoms with Crippen molar-refractivity contribution in [1.82, 2.24) is 0 Å². The lowest BCUT2D eigenvalue weighted by molar-refractivity contribution is 0.0702. The summed E-state index contributed by atoms with van der Waals surface area (Å²) in [4.78, 5) is 12.4. The minimum atomic E-state index is -0.862. The molecule has 1 aliphatic carbocycles. The molecule has 0 saturated carbocycles. The minimum absolute atomic E-state index is 0.195. The van der Waals surface area contributed by atoms with Crippen LogP contribution in [0.1, 0.15) is 77.3 Å². The first-order valence-corrected chi connectivity index (χ1v) is 9.59. The van der Waals surface area contributed by atoms with Gasteiger partial charge in [0.25, 0.3) is 0 Å². The van der Waals surface area contributed by atoms with Gasteiger partial charge in [-0.1, -0.05) is 45.9 Å². The fourth-order valence-corrected chi connectivity index (χ4v) is 4.40. The molecule has 0 amide bonds. The Kier molecular flexibility index (Phi) is 4.40. The number of carbonyl (C=O) groups is 1. The van der Waals surface area contributed by atoms with E-state index in [2.05, 4.69) is 52.8 Å². The van der Waals surface area contributed by atoms with Gasteiger partial charge in [0.2, 0.25) is 0 Å². The summed E-state index contributed by atoms with van der Waals surface area (Å²) < 4.78 is 0. The quantitative estimate of drug-likeness (QED) is 0.705. The van der Waals surface area contributed by atoms with Gasteiger partial charge in [0, 0.05) is 4.88 Å². The lowest BCUT2D eigenvalue weighted by Gasteiger charge is -2.42. The van der Waals surface area contributed by atoms with E-state index in [0.29, 0.717) is 4.88 Å². The lowest BCUT2D eigenvalue weighted by Crippen LogP contribution is -2.34. The Morgan fingerprint density at radius 2 is 1.64 bits per heavy atom. The van der Waals surface area contributed by atoms with Crippen LogP contribution in [-0.4, -0.2) is 11.1 Å². The van der Waals surface area contributed by atoms with E-state index in [9.17, 15) is 4.79 Å². The highest BCUT2D eigenvalue weighted by atomic mass is 32.1. The molecule has 0 saturated heterocycles. The van der Waals surface area contributed by atoms with Crippen LogP contribution in [0.4, 0.5) is 0 Å². The number of hydrogen-bond acceptors (Lipinski definition) is 2. The number of carboxylic acid groups (broad SMARTS) is 1. The van der Waals surface area contributed by atoms with Crippen LogP contribution in [0, 0.1) is 6.92 Å². The summed E-state index contributed by atoms with van der Waals surface area (Å²) in [6.45, 7) is 11.5. The van der Waals surface area contributed by atoms with Crippen molar-refractivity contribution in [2.75, 3.05) is 0 Å². The molecule has 0 unspecified atom stereocenters. The molecular weight excluding hydrogens is 328 g/mol. The van der Waals surface area contributed by atoms with Crippen molar-refractivity contribution in [3.63, 3.8) is 0 Å². The molecule has 2 nitrogen and oxygen atoms in total. The van der Waals surface area contributed by atoms with E-state index < -0.39 is 5.97 Å². The highest BCUT2D eigenvalue weighted by Gasteiger charge is 2.37. The molecule has 0 radical (unpaired) electrons. The average Bonchev–Trinajstić information content (AvgIpc) is 3.00. The first kappa shape index (κ1) is 17.9. The van der Waals surface area contributed by atoms with E-state index in [4.69, 9.17) is 5.11 Å². The number of aryl methyl sites for hydroxylation is 1. The number of thiophene rings is 1. The first-order valence-electron chi connectivity index (χ1n) is 8.77. The maximum atomic E-state index is 11.0. The molecule has 25 heavy (non-hydrogen) atoms. The topological polar surface area (TPSA) is 37.3 Å². The Hall–Kier alpha value is -1.87. The fourth-order valence-electron chi connectivity index (χ4n) is 3.65. The highest BCUT2D eigenvalue weighted by molar-refractivity contribution is 7.14. The number of aromatic carboxylic acids is 1. The second-order valence-corrected chi connectivity index (χ2v) is 9.48. The van der Waals surface area contributed by atoms with Crippen LogP contribution in [0.3, 0.4) is 0 Å². The van der Waals surface area contributed by atoms with Crippen molar-refractivity contribution >= 4 is 29.5 Å². The summed E-state index contributed by atoms with van der Waals surface area (Å²) >= 11 is 1.31. The molecule has 3 rings (SSSR count). The Bertz CT molecular complexity index is 853. The fraction of sp³-hybridized carbons (Fsp3) is 0.409. The maximum Gasteiger partial charge on any atom is 0.345 e. The van der Waals surface area contributed by atoms with Crippen molar-refractivity contribution in [3.05, 3.63) is 56.3 Å². The van der Waals surface area contributed by atoms with E-state index in [1.165, 1.54) is 46.4 Å². The van der Waals surface area contributed by atoms with Gasteiger partial charge in [0.1, 0.15) is 4.88 Å². The van der Waals surface area contributed by atoms with Crippen molar-refractivity contribution in [3.8, 4) is 0 Å². The summed E-state index contributed by atoms with van der Waals surface area (Å²) in [5, 5.41) is 9.05. The Morgan fingerprint density at radius 3 is 2.20 bits per heavy atom. The monoisotopic (exact) mass is 354 g/mol. The van der Waals surface area contributed by atoms with Gasteiger partial charge in [0.05, 0.1) is 0 Å². The molecule has 0 spiro atoms. The molecule has 1 aromatic heterocycles. The molecule has 1 N–H and O–H groups in total. The number of hydrogen-bond donors (Lipinski definition) is 1. The molecule has 1 aromatic carbocycles. The smallest absolute Gasteiger partial charge is 0.345 e. The highest BCUT2D eigenvalue weighted by Crippen LogP contribution is 2.46. The summed E-state index contributed by atoms with van der Waals surface area (Å²) in [5.74, 6) is -0.862. The number of rotatable bonds is 3. The van der Waals surface area contributed by atoms with E-state index in [-0.39, 0.29) is 10.8 Å². The Labute approximate surface area is 154 Å². The molecule has 1 aliphatic rings. The molecule has 0 bridgehead atoms. The molecule has 0 atom stereocenters. The first-order chi connectivity index (χ1) is 11.6. The minimum Gasteiger partial charge on any atom is -0.477 e. The van der Waals surface area contributed by atoms with Gasteiger partial charge in [-0.25, -0.2) is 4.79 Å². The van der Waals surface area contributed by atoms with Crippen LogP contribution in [0.5, 0.6) is 0 Å². The molecule has 0 fully saturated rings. The number of benzene rings is 1. The molecule has 0 aliphatic heterocycles. The third-order valence-corrected chi connectivity index (χ3v) is 6.54. The normalized spacial score (nSPS) is 18.3. The molecular formula is C22H26O2S. The summed E-state index contributed by atoms with van der Waals surface area (Å²) in [5.41, 5.74) is 5.84. The van der Waals surface area contributed by atoms with Gasteiger partial charge in [-0.15, -0.1) is 11.3 Å². The zero-order chi connectivity index (χ0) is 18.4. The van der Waals surface area contributed by atoms with Gasteiger partial charge in [-0.3, -0.25) is 0 Å². The van der Waals surface area contributed by atoms with E-state index in [1.54, 1.807) is 6.07 Å². The Morgan fingerprint density at radius 1 is 1.04 bits per heavy atom. The summed E-state index contributed by atoms with van der Waals surface area (Å²) in [6, 6.07) is 8.23. The van der Waals surface area contributed by atoms with Crippen LogP contribution in [0.25, 0.3) is 12.2 Å². The van der Waals surface area contributed by atoms with Crippen molar-refractivity contribution in [2.24, 2.45) is 0 Å². The predicted octanol–water partition coefficient (Wildman–Crippen LogP) is 6.27. The van der Waals surface area contributed by atoms with Crippen molar-refractivity contribution in [1.29, 1.82) is 0 Å². The summed E-state index contributed by atoms with van der Waals surface area (Å²) in [6.07, 6.45) is 6.55. The van der Waals surface area contributed by atoms with E-state index in [1.807, 2.05) is 12.1 Å². The molecule has 132 valence electrons. The molecule has 1 heterocycles. The van der Waals surface area contributed by atoms with Crippen LogP contribution in [0.15, 0.2) is 24.3 Å². The largest absolute Gasteiger partial charge is 0.477 e. The number of carboxylic acids is 1. The Balaban J connectivity index is 2.00. The summed E-state index contributed by atoms with van der Waals surface area (Å²) in [7, 11) is 0. The van der Waals surface area contributed by atoms with E-state index in [0.717, 1.165) is 4.88 Å². The second kappa shape index (κ2) is 6.14. The molecule has 3 heteroatoms. The van der Waals surface area contributed by atoms with Gasteiger partial charge in [-0.05, 0) is 71.1 Å². The van der Waals surface area contributed by atoms with Gasteiger partial charge >= 0.3 is 5.97 Å². The number of fused-ring (bicyclic) bond motifs is 1. The lowest BCUT2D eigenvalue weighted by atomic mass is 9.62. The van der Waals surface area contributed by atoms with Crippen LogP contribution in [-0.2, 0) is 10.8 Å². The average molecular weight is 355 g/mol. The van der Waals surface area contributed by atoms with Crippen LogP contribution in [0.2, 0.25) is 0 Å². The third kappa shape index (κ3) is 3.43. The van der Waals surface area contributed by atoms with Gasteiger partial charge in [-0.2, -0.15) is 0 Å². The third-order valence-electron chi connectivity index (χ3n) is 5.50. The zero-order valence-corrected chi connectivity index (χ0v) is 16.5. The van der Waals surface area contributed by atoms with Crippen molar-refractivity contribution < 1.29 is 9.90 Å². The van der Waals surface area contributed by atoms with Gasteiger partial charge in [0.15, 0.2) is 0 Å². The van der Waals surface area contributed by atoms with Crippen molar-refractivity contribution in [2.45, 2.75) is 58.3 Å². The van der Waals surface area contributed by atoms with Crippen LogP contribution >= 0.6 is 11.3 Å². The molecule has 2 aromatic rings. The zero-order valence-electron chi connectivity index (χ0n) is 15.6. The second-order valence-electron chi connectivity index (χ2n) is 8.36. The van der Waals surface area contributed by atoms with Gasteiger partial charge < -0.3 is 5.11 Å². The predicted molar refractivity (Wildman–Crippen MR) is 107 cm³/mol. The SMILES string of the molecule is Cc1cc2c(cc1C=Cc1ccc(C(=O)O)s1)C(C)(C)CCC2(C)C. The van der Waals surface area contributed by atoms with E-state index >= 15 is 0 Å².